The minimum Gasteiger partial charge on any atom is -0.493 e. The highest BCUT2D eigenvalue weighted by Crippen LogP contribution is 2.38. The maximum absolute atomic E-state index is 15.9. The molecular weight excluding hydrogens is 449 g/mol. The second-order valence-corrected chi connectivity index (χ2v) is 8.61. The number of hydrogen-bond acceptors (Lipinski definition) is 5. The van der Waals surface area contributed by atoms with Gasteiger partial charge in [-0.1, -0.05) is 24.3 Å². The zero-order valence-corrected chi connectivity index (χ0v) is 21.1. The number of hydrogen-bond donors (Lipinski definition) is 1. The van der Waals surface area contributed by atoms with Crippen LogP contribution < -0.4 is 14.8 Å². The molecule has 0 bridgehead atoms. The first-order valence-electron chi connectivity index (χ1n) is 11.4. The molecule has 8 nitrogen and oxygen atoms in total. The number of aryl methyl sites for hydroxylation is 2. The van der Waals surface area contributed by atoms with Crippen molar-refractivity contribution < 1.29 is 18.7 Å². The quantitative estimate of drug-likeness (QED) is 0.608. The van der Waals surface area contributed by atoms with Crippen molar-refractivity contribution in [3.63, 3.8) is 0 Å². The lowest BCUT2D eigenvalue weighted by molar-refractivity contribution is 0.184. The normalized spacial score (nSPS) is 15.3. The number of methoxy groups -OCH3 is 2. The van der Waals surface area contributed by atoms with Gasteiger partial charge in [-0.05, 0) is 44.4 Å². The molecule has 1 aliphatic heterocycles. The van der Waals surface area contributed by atoms with Gasteiger partial charge in [0.1, 0.15) is 5.71 Å². The zero-order valence-electron chi connectivity index (χ0n) is 21.1. The molecule has 2 amide bonds. The Morgan fingerprint density at radius 1 is 1.11 bits per heavy atom. The molecule has 3 aromatic rings. The maximum atomic E-state index is 15.9. The number of benzene rings is 2. The summed E-state index contributed by atoms with van der Waals surface area (Å²) in [7, 11) is 6.32. The van der Waals surface area contributed by atoms with Crippen LogP contribution in [0.25, 0.3) is 11.1 Å². The van der Waals surface area contributed by atoms with Crippen LogP contribution in [0.2, 0.25) is 0 Å². The summed E-state index contributed by atoms with van der Waals surface area (Å²) in [5.74, 6) is -0.283. The molecule has 0 radical (unpaired) electrons. The van der Waals surface area contributed by atoms with E-state index in [4.69, 9.17) is 9.47 Å². The first-order chi connectivity index (χ1) is 16.7. The van der Waals surface area contributed by atoms with Crippen molar-refractivity contribution in [3.05, 3.63) is 64.2 Å². The van der Waals surface area contributed by atoms with Crippen LogP contribution in [0.15, 0.2) is 35.4 Å². The highest BCUT2D eigenvalue weighted by molar-refractivity contribution is 6.15. The highest BCUT2D eigenvalue weighted by Gasteiger charge is 2.31. The summed E-state index contributed by atoms with van der Waals surface area (Å²) in [6.45, 7) is 5.86. The number of halogens is 1. The number of fused-ring (bicyclic) bond motifs is 1. The smallest absolute Gasteiger partial charge is 0.337 e. The first-order valence-corrected chi connectivity index (χ1v) is 11.4. The van der Waals surface area contributed by atoms with E-state index < -0.39 is 5.82 Å². The summed E-state index contributed by atoms with van der Waals surface area (Å²) in [5.41, 5.74) is 6.02. The van der Waals surface area contributed by atoms with Crippen molar-refractivity contribution in [1.82, 2.24) is 20.1 Å². The Hall–Kier alpha value is -3.88. The monoisotopic (exact) mass is 479 g/mol. The van der Waals surface area contributed by atoms with Gasteiger partial charge in [-0.3, -0.25) is 4.68 Å². The largest absolute Gasteiger partial charge is 0.493 e. The molecule has 1 atom stereocenters. The molecule has 1 N–H and O–H groups in total. The predicted octanol–water partition coefficient (Wildman–Crippen LogP) is 4.20. The van der Waals surface area contributed by atoms with Gasteiger partial charge in [0, 0.05) is 36.5 Å². The number of aromatic nitrogens is 2. The van der Waals surface area contributed by atoms with Gasteiger partial charge in [0.15, 0.2) is 17.3 Å². The summed E-state index contributed by atoms with van der Waals surface area (Å²) in [6.07, 6.45) is 0.388. The van der Waals surface area contributed by atoms with Crippen LogP contribution in [-0.2, 0) is 13.5 Å². The number of amides is 2. The Morgan fingerprint density at radius 3 is 2.31 bits per heavy atom. The molecule has 4 rings (SSSR count). The van der Waals surface area contributed by atoms with Crippen molar-refractivity contribution in [2.24, 2.45) is 12.1 Å². The van der Waals surface area contributed by atoms with Crippen LogP contribution in [0.1, 0.15) is 35.0 Å². The van der Waals surface area contributed by atoms with Crippen LogP contribution in [0.4, 0.5) is 9.18 Å². The van der Waals surface area contributed by atoms with E-state index in [0.717, 1.165) is 22.5 Å². The Balaban J connectivity index is 1.92. The number of carbonyl (C=O) groups excluding carboxylic acids is 1. The summed E-state index contributed by atoms with van der Waals surface area (Å²) in [5, 5.41) is 13.1. The van der Waals surface area contributed by atoms with Crippen LogP contribution in [0, 0.1) is 19.7 Å². The third-order valence-corrected chi connectivity index (χ3v) is 6.45. The number of ether oxygens (including phenoxy) is 2. The third-order valence-electron chi connectivity index (χ3n) is 6.45. The molecule has 2 heterocycles. The van der Waals surface area contributed by atoms with Crippen LogP contribution in [0.3, 0.4) is 0 Å². The lowest BCUT2D eigenvalue weighted by Gasteiger charge is -2.22. The summed E-state index contributed by atoms with van der Waals surface area (Å²) >= 11 is 0. The van der Waals surface area contributed by atoms with Gasteiger partial charge in [-0.15, -0.1) is 0 Å². The number of urea groups is 1. The molecule has 0 fully saturated rings. The molecular formula is C26H30FN5O3. The average Bonchev–Trinajstić information content (AvgIpc) is 3.00. The molecule has 2 aromatic carbocycles. The van der Waals surface area contributed by atoms with Gasteiger partial charge in [0.2, 0.25) is 0 Å². The molecule has 1 unspecified atom stereocenters. The summed E-state index contributed by atoms with van der Waals surface area (Å²) in [4.78, 5) is 12.7. The van der Waals surface area contributed by atoms with Crippen LogP contribution in [-0.4, -0.2) is 53.8 Å². The van der Waals surface area contributed by atoms with Crippen molar-refractivity contribution >= 4 is 11.7 Å². The van der Waals surface area contributed by atoms with E-state index in [1.165, 1.54) is 19.2 Å². The number of carbonyl (C=O) groups is 1. The lowest BCUT2D eigenvalue weighted by atomic mass is 9.92. The Labute approximate surface area is 204 Å². The molecule has 1 aromatic heterocycles. The lowest BCUT2D eigenvalue weighted by Crippen LogP contribution is -2.41. The van der Waals surface area contributed by atoms with Gasteiger partial charge in [-0.2, -0.15) is 10.2 Å². The summed E-state index contributed by atoms with van der Waals surface area (Å²) in [6, 6.07) is 8.77. The van der Waals surface area contributed by atoms with Gasteiger partial charge < -0.3 is 14.8 Å². The van der Waals surface area contributed by atoms with Crippen LogP contribution in [0.5, 0.6) is 11.5 Å². The third kappa shape index (κ3) is 4.11. The van der Waals surface area contributed by atoms with Crippen molar-refractivity contribution in [2.75, 3.05) is 21.3 Å². The molecule has 1 aliphatic rings. The first kappa shape index (κ1) is 24.3. The van der Waals surface area contributed by atoms with E-state index in [1.54, 1.807) is 13.1 Å². The number of nitrogens with one attached hydrogen (secondary N) is 1. The molecule has 184 valence electrons. The minimum absolute atomic E-state index is 0.00164. The number of nitrogens with zero attached hydrogens (tertiary/aromatic N) is 4. The molecule has 0 saturated heterocycles. The van der Waals surface area contributed by atoms with Crippen molar-refractivity contribution in [2.45, 2.75) is 33.2 Å². The average molecular weight is 480 g/mol. The Morgan fingerprint density at radius 2 is 1.77 bits per heavy atom. The molecule has 0 aliphatic carbocycles. The van der Waals surface area contributed by atoms with Gasteiger partial charge in [0.25, 0.3) is 0 Å². The number of rotatable bonds is 4. The molecule has 35 heavy (non-hydrogen) atoms. The number of hydrazone groups is 1. The van der Waals surface area contributed by atoms with E-state index in [0.29, 0.717) is 34.6 Å². The second-order valence-electron chi connectivity index (χ2n) is 8.61. The SMILES string of the molecule is CNC(=O)N1N=C(c2ccc(-c3c(C)nn(C)c3C)cc2)c2c(cc(OC)c(OC)c2F)CC1C. The van der Waals surface area contributed by atoms with E-state index in [9.17, 15) is 4.79 Å². The minimum atomic E-state index is -0.574. The van der Waals surface area contributed by atoms with Gasteiger partial charge >= 0.3 is 6.03 Å². The maximum Gasteiger partial charge on any atom is 0.337 e. The Bertz CT molecular complexity index is 1310. The zero-order chi connectivity index (χ0) is 25.4. The second kappa shape index (κ2) is 9.40. The van der Waals surface area contributed by atoms with E-state index in [-0.39, 0.29) is 17.8 Å². The fraction of sp³-hybridized carbons (Fsp3) is 0.346. The molecule has 9 heteroatoms. The Kier molecular flexibility index (Phi) is 6.51. The van der Waals surface area contributed by atoms with E-state index >= 15 is 4.39 Å². The van der Waals surface area contributed by atoms with Crippen molar-refractivity contribution in [3.8, 4) is 22.6 Å². The fourth-order valence-electron chi connectivity index (χ4n) is 4.63. The van der Waals surface area contributed by atoms with Gasteiger partial charge in [0.05, 0.1) is 26.0 Å². The fourth-order valence-corrected chi connectivity index (χ4v) is 4.63. The summed E-state index contributed by atoms with van der Waals surface area (Å²) < 4.78 is 28.4. The van der Waals surface area contributed by atoms with E-state index in [2.05, 4.69) is 15.5 Å². The predicted molar refractivity (Wildman–Crippen MR) is 133 cm³/mol. The topological polar surface area (TPSA) is 81.0 Å². The van der Waals surface area contributed by atoms with E-state index in [1.807, 2.05) is 56.8 Å². The highest BCUT2D eigenvalue weighted by atomic mass is 19.1. The molecule has 0 spiro atoms. The van der Waals surface area contributed by atoms with Gasteiger partial charge in [-0.25, -0.2) is 14.2 Å². The van der Waals surface area contributed by atoms with Crippen LogP contribution >= 0.6 is 0 Å². The molecule has 0 saturated carbocycles. The van der Waals surface area contributed by atoms with Crippen molar-refractivity contribution in [1.29, 1.82) is 0 Å². The standard InChI is InChI=1S/C26H30FN5O3/c1-14-12-19-13-20(34-6)25(35-7)23(27)22(19)24(30-32(14)26(33)28-4)18-10-8-17(9-11-18)21-15(2)29-31(5)16(21)3/h8-11,13-14H,12H2,1-7H3,(H,28,33).